The molecule has 1 aromatic carbocycles. The number of carbonyl (C=O) groups is 3. The summed E-state index contributed by atoms with van der Waals surface area (Å²) < 4.78 is 0. The molecule has 1 atom stereocenters. The van der Waals surface area contributed by atoms with Gasteiger partial charge in [0.2, 0.25) is 5.91 Å². The molecule has 2 rings (SSSR count). The van der Waals surface area contributed by atoms with E-state index < -0.39 is 12.0 Å². The SMILES string of the molecule is O=C1CCC(NC(=O)Nc2ccc(O)c(C(=O)O)c2)CN1. The van der Waals surface area contributed by atoms with Gasteiger partial charge in [-0.15, -0.1) is 0 Å². The van der Waals surface area contributed by atoms with E-state index in [-0.39, 0.29) is 28.9 Å². The third kappa shape index (κ3) is 3.85. The number of hydrogen-bond donors (Lipinski definition) is 5. The van der Waals surface area contributed by atoms with Gasteiger partial charge in [0.25, 0.3) is 0 Å². The summed E-state index contributed by atoms with van der Waals surface area (Å²) in [5, 5.41) is 26.1. The van der Waals surface area contributed by atoms with Crippen molar-refractivity contribution in [3.63, 3.8) is 0 Å². The Hall–Kier alpha value is -2.77. The normalized spacial score (nSPS) is 17.7. The van der Waals surface area contributed by atoms with Crippen molar-refractivity contribution in [2.45, 2.75) is 18.9 Å². The largest absolute Gasteiger partial charge is 0.507 e. The first-order valence-electron chi connectivity index (χ1n) is 6.36. The van der Waals surface area contributed by atoms with Crippen molar-refractivity contribution in [1.29, 1.82) is 0 Å². The summed E-state index contributed by atoms with van der Waals surface area (Å²) >= 11 is 0. The lowest BCUT2D eigenvalue weighted by Gasteiger charge is -2.23. The molecule has 1 aromatic rings. The van der Waals surface area contributed by atoms with Crippen LogP contribution in [0.5, 0.6) is 5.75 Å². The topological polar surface area (TPSA) is 128 Å². The number of aromatic carboxylic acids is 1. The van der Waals surface area contributed by atoms with Crippen LogP contribution in [0.1, 0.15) is 23.2 Å². The van der Waals surface area contributed by atoms with Gasteiger partial charge in [0.1, 0.15) is 11.3 Å². The highest BCUT2D eigenvalue weighted by atomic mass is 16.4. The summed E-state index contributed by atoms with van der Waals surface area (Å²) in [6.07, 6.45) is 0.905. The molecule has 1 aliphatic heterocycles. The molecule has 0 radical (unpaired) electrons. The van der Waals surface area contributed by atoms with Crippen molar-refractivity contribution in [1.82, 2.24) is 10.6 Å². The zero-order chi connectivity index (χ0) is 15.4. The molecule has 8 nitrogen and oxygen atoms in total. The van der Waals surface area contributed by atoms with Crippen molar-refractivity contribution < 1.29 is 24.6 Å². The fourth-order valence-corrected chi connectivity index (χ4v) is 1.99. The number of nitrogens with one attached hydrogen (secondary N) is 3. The van der Waals surface area contributed by atoms with Gasteiger partial charge in [-0.3, -0.25) is 4.79 Å². The highest BCUT2D eigenvalue weighted by Gasteiger charge is 2.19. The first-order valence-corrected chi connectivity index (χ1v) is 6.36. The highest BCUT2D eigenvalue weighted by molar-refractivity contribution is 5.95. The lowest BCUT2D eigenvalue weighted by molar-refractivity contribution is -0.122. The molecule has 1 aliphatic rings. The molecular weight excluding hydrogens is 278 g/mol. The predicted octanol–water partition coefficient (Wildman–Crippen LogP) is 0.491. The third-order valence-electron chi connectivity index (χ3n) is 3.09. The number of rotatable bonds is 3. The molecule has 112 valence electrons. The Labute approximate surface area is 120 Å². The molecule has 21 heavy (non-hydrogen) atoms. The fraction of sp³-hybridized carbons (Fsp3) is 0.308. The number of phenols is 1. The average Bonchev–Trinajstić information content (AvgIpc) is 2.43. The van der Waals surface area contributed by atoms with E-state index in [2.05, 4.69) is 16.0 Å². The summed E-state index contributed by atoms with van der Waals surface area (Å²) in [4.78, 5) is 33.7. The van der Waals surface area contributed by atoms with Gasteiger partial charge < -0.3 is 26.2 Å². The van der Waals surface area contributed by atoms with Crippen molar-refractivity contribution >= 4 is 23.6 Å². The second-order valence-corrected chi connectivity index (χ2v) is 4.68. The van der Waals surface area contributed by atoms with Crippen LogP contribution in [0.4, 0.5) is 10.5 Å². The number of piperidine rings is 1. The third-order valence-corrected chi connectivity index (χ3v) is 3.09. The zero-order valence-electron chi connectivity index (χ0n) is 11.0. The maximum absolute atomic E-state index is 11.8. The Morgan fingerprint density at radius 3 is 2.71 bits per heavy atom. The molecule has 0 aliphatic carbocycles. The number of carbonyl (C=O) groups excluding carboxylic acids is 2. The first-order chi connectivity index (χ1) is 9.95. The molecule has 8 heteroatoms. The molecule has 1 fully saturated rings. The van der Waals surface area contributed by atoms with E-state index in [1.807, 2.05) is 0 Å². The van der Waals surface area contributed by atoms with E-state index in [1.165, 1.54) is 18.2 Å². The number of carboxylic acid groups (broad SMARTS) is 1. The number of carboxylic acids is 1. The smallest absolute Gasteiger partial charge is 0.339 e. The average molecular weight is 293 g/mol. The van der Waals surface area contributed by atoms with E-state index in [0.717, 1.165) is 0 Å². The second-order valence-electron chi connectivity index (χ2n) is 4.68. The summed E-state index contributed by atoms with van der Waals surface area (Å²) in [5.74, 6) is -1.70. The van der Waals surface area contributed by atoms with Crippen LogP contribution in [0.25, 0.3) is 0 Å². The minimum atomic E-state index is -1.29. The van der Waals surface area contributed by atoms with Gasteiger partial charge >= 0.3 is 12.0 Å². The van der Waals surface area contributed by atoms with Crippen molar-refractivity contribution in [3.05, 3.63) is 23.8 Å². The monoisotopic (exact) mass is 293 g/mol. The van der Waals surface area contributed by atoms with Gasteiger partial charge in [-0.25, -0.2) is 9.59 Å². The van der Waals surface area contributed by atoms with Gasteiger partial charge in [0.15, 0.2) is 0 Å². The highest BCUT2D eigenvalue weighted by Crippen LogP contribution is 2.21. The maximum atomic E-state index is 11.8. The van der Waals surface area contributed by atoms with Gasteiger partial charge in [0.05, 0.1) is 0 Å². The Morgan fingerprint density at radius 2 is 2.10 bits per heavy atom. The molecule has 1 unspecified atom stereocenters. The van der Waals surface area contributed by atoms with Crippen molar-refractivity contribution in [2.24, 2.45) is 0 Å². The van der Waals surface area contributed by atoms with Crippen LogP contribution in [-0.4, -0.2) is 40.7 Å². The molecule has 3 amide bonds. The summed E-state index contributed by atoms with van der Waals surface area (Å²) in [7, 11) is 0. The lowest BCUT2D eigenvalue weighted by Crippen LogP contribution is -2.48. The standard InChI is InChI=1S/C13H15N3O5/c17-10-3-1-7(5-9(10)12(19)20)15-13(21)16-8-2-4-11(18)14-6-8/h1,3,5,8,17H,2,4,6H2,(H,14,18)(H,19,20)(H2,15,16,21). The fourth-order valence-electron chi connectivity index (χ4n) is 1.99. The van der Waals surface area contributed by atoms with E-state index in [9.17, 15) is 19.5 Å². The minimum Gasteiger partial charge on any atom is -0.507 e. The van der Waals surface area contributed by atoms with Gasteiger partial charge in [-0.2, -0.15) is 0 Å². The molecule has 0 saturated carbocycles. The molecule has 1 saturated heterocycles. The van der Waals surface area contributed by atoms with E-state index in [1.54, 1.807) is 0 Å². The Bertz CT molecular complexity index is 577. The Kier molecular flexibility index (Phi) is 4.27. The Balaban J connectivity index is 1.95. The zero-order valence-corrected chi connectivity index (χ0v) is 11.0. The number of anilines is 1. The van der Waals surface area contributed by atoms with Crippen LogP contribution in [0.3, 0.4) is 0 Å². The lowest BCUT2D eigenvalue weighted by atomic mass is 10.1. The maximum Gasteiger partial charge on any atom is 0.339 e. The van der Waals surface area contributed by atoms with Crippen molar-refractivity contribution in [3.8, 4) is 5.75 Å². The van der Waals surface area contributed by atoms with Crippen LogP contribution in [0.15, 0.2) is 18.2 Å². The van der Waals surface area contributed by atoms with Crippen molar-refractivity contribution in [2.75, 3.05) is 11.9 Å². The second kappa shape index (κ2) is 6.12. The number of aromatic hydroxyl groups is 1. The summed E-state index contributed by atoms with van der Waals surface area (Å²) in [6, 6.07) is 3.08. The molecule has 5 N–H and O–H groups in total. The van der Waals surface area contributed by atoms with Crippen LogP contribution in [-0.2, 0) is 4.79 Å². The van der Waals surface area contributed by atoms with Crippen LogP contribution < -0.4 is 16.0 Å². The molecule has 1 heterocycles. The van der Waals surface area contributed by atoms with Crippen LogP contribution in [0, 0.1) is 0 Å². The summed E-state index contributed by atoms with van der Waals surface area (Å²) in [5.41, 5.74) is -0.0414. The molecule has 0 spiro atoms. The van der Waals surface area contributed by atoms with E-state index in [4.69, 9.17) is 5.11 Å². The van der Waals surface area contributed by atoms with Gasteiger partial charge in [-0.05, 0) is 24.6 Å². The molecular formula is C13H15N3O5. The summed E-state index contributed by atoms with van der Waals surface area (Å²) in [6.45, 7) is 0.363. The van der Waals surface area contributed by atoms with Gasteiger partial charge in [0, 0.05) is 24.7 Å². The minimum absolute atomic E-state index is 0.0434. The van der Waals surface area contributed by atoms with Crippen LogP contribution >= 0.6 is 0 Å². The van der Waals surface area contributed by atoms with E-state index in [0.29, 0.717) is 19.4 Å². The number of urea groups is 1. The molecule has 0 bridgehead atoms. The molecule has 0 aromatic heterocycles. The van der Waals surface area contributed by atoms with Gasteiger partial charge in [-0.1, -0.05) is 0 Å². The Morgan fingerprint density at radius 1 is 1.33 bits per heavy atom. The number of hydrogen-bond acceptors (Lipinski definition) is 4. The quantitative estimate of drug-likeness (QED) is 0.518. The van der Waals surface area contributed by atoms with Crippen LogP contribution in [0.2, 0.25) is 0 Å². The first kappa shape index (κ1) is 14.6. The predicted molar refractivity (Wildman–Crippen MR) is 73.3 cm³/mol. The van der Waals surface area contributed by atoms with E-state index >= 15 is 0 Å². The number of amides is 3. The number of benzene rings is 1.